The Balaban J connectivity index is 1.49. The third kappa shape index (κ3) is 4.78. The fourth-order valence-corrected chi connectivity index (χ4v) is 6.65. The Morgan fingerprint density at radius 2 is 1.67 bits per heavy atom. The summed E-state index contributed by atoms with van der Waals surface area (Å²) in [4.78, 5) is 20.3. The average Bonchev–Trinajstić information content (AvgIpc) is 3.00. The number of aromatic hydroxyl groups is 2. The van der Waals surface area contributed by atoms with Crippen molar-refractivity contribution in [3.05, 3.63) is 58.8 Å². The maximum atomic E-state index is 14.0. The molecule has 2 aromatic rings. The summed E-state index contributed by atoms with van der Waals surface area (Å²) in [5.41, 5.74) is 2.99. The van der Waals surface area contributed by atoms with Crippen molar-refractivity contribution >= 4 is 6.03 Å². The number of allylic oxidation sites excluding steroid dienone is 1. The van der Waals surface area contributed by atoms with Gasteiger partial charge in [-0.05, 0) is 42.2 Å². The fourth-order valence-electron chi connectivity index (χ4n) is 6.65. The van der Waals surface area contributed by atoms with E-state index < -0.39 is 11.0 Å². The highest BCUT2D eigenvalue weighted by molar-refractivity contribution is 5.83. The van der Waals surface area contributed by atoms with Crippen molar-refractivity contribution in [3.8, 4) is 23.0 Å². The van der Waals surface area contributed by atoms with Gasteiger partial charge in [0.2, 0.25) is 0 Å². The van der Waals surface area contributed by atoms with E-state index in [1.165, 1.54) is 0 Å². The zero-order valence-corrected chi connectivity index (χ0v) is 23.5. The Hall–Kier alpha value is -3.43. The lowest BCUT2D eigenvalue weighted by Crippen LogP contribution is -2.54. The number of ether oxygens (including phenoxy) is 3. The largest absolute Gasteiger partial charge is 0.508 e. The van der Waals surface area contributed by atoms with Crippen LogP contribution in [0.5, 0.6) is 23.0 Å². The average molecular weight is 538 g/mol. The topological polar surface area (TPSA) is 94.9 Å². The van der Waals surface area contributed by atoms with Crippen molar-refractivity contribution in [2.45, 2.75) is 50.7 Å². The maximum Gasteiger partial charge on any atom is 0.325 e. The Morgan fingerprint density at radius 3 is 2.33 bits per heavy atom. The third-order valence-corrected chi connectivity index (χ3v) is 8.40. The van der Waals surface area contributed by atoms with Crippen LogP contribution in [-0.4, -0.2) is 84.1 Å². The predicted molar refractivity (Wildman–Crippen MR) is 147 cm³/mol. The minimum atomic E-state index is -0.461. The standard InChI is InChI=1S/C30H39N3O6/c1-29(2)17-26-30(6-8-31(9-7-30)18-20-12-22(34)15-24(13-20)38-4)33(10-11-37-3)28(36)32(26)19-21-14-23(35)16-25(39-5)27(21)29/h12-17,34-35H,6-11,18-19H2,1-5H3. The van der Waals surface area contributed by atoms with Crippen LogP contribution in [0.15, 0.2) is 42.1 Å². The van der Waals surface area contributed by atoms with Gasteiger partial charge in [0.25, 0.3) is 0 Å². The first-order chi connectivity index (χ1) is 18.6. The van der Waals surface area contributed by atoms with Crippen molar-refractivity contribution < 1.29 is 29.2 Å². The van der Waals surface area contributed by atoms with Gasteiger partial charge in [0.1, 0.15) is 23.0 Å². The molecule has 39 heavy (non-hydrogen) atoms. The number of hydrogen-bond acceptors (Lipinski definition) is 7. The van der Waals surface area contributed by atoms with E-state index in [1.807, 2.05) is 15.9 Å². The molecule has 0 aromatic heterocycles. The molecule has 0 bridgehead atoms. The van der Waals surface area contributed by atoms with E-state index in [0.717, 1.165) is 48.3 Å². The Morgan fingerprint density at radius 1 is 0.949 bits per heavy atom. The summed E-state index contributed by atoms with van der Waals surface area (Å²) < 4.78 is 16.4. The molecule has 0 aliphatic carbocycles. The summed E-state index contributed by atoms with van der Waals surface area (Å²) in [5.74, 6) is 1.57. The van der Waals surface area contributed by atoms with Gasteiger partial charge in [-0.3, -0.25) is 9.80 Å². The molecule has 5 rings (SSSR count). The van der Waals surface area contributed by atoms with Crippen molar-refractivity contribution in [2.24, 2.45) is 0 Å². The van der Waals surface area contributed by atoms with Gasteiger partial charge in [-0.2, -0.15) is 0 Å². The van der Waals surface area contributed by atoms with Gasteiger partial charge < -0.3 is 29.3 Å². The monoisotopic (exact) mass is 537 g/mol. The number of nitrogens with zero attached hydrogens (tertiary/aromatic N) is 3. The molecule has 0 radical (unpaired) electrons. The third-order valence-electron chi connectivity index (χ3n) is 8.40. The minimum absolute atomic E-state index is 0.0320. The number of amides is 2. The zero-order valence-electron chi connectivity index (χ0n) is 23.5. The van der Waals surface area contributed by atoms with E-state index in [2.05, 4.69) is 24.8 Å². The first kappa shape index (κ1) is 27.1. The number of phenols is 2. The molecule has 9 nitrogen and oxygen atoms in total. The molecule has 0 unspecified atom stereocenters. The molecule has 0 saturated carbocycles. The van der Waals surface area contributed by atoms with Crippen molar-refractivity contribution in [3.63, 3.8) is 0 Å². The molecule has 210 valence electrons. The molecule has 3 aliphatic heterocycles. The smallest absolute Gasteiger partial charge is 0.325 e. The van der Waals surface area contributed by atoms with Crippen LogP contribution < -0.4 is 9.47 Å². The SMILES string of the molecule is COCCN1C(=O)N2Cc3cc(O)cc(OC)c3C(C)(C)C=C2C12CCN(Cc1cc(O)cc(OC)c1)CC2. The van der Waals surface area contributed by atoms with E-state index in [9.17, 15) is 15.0 Å². The van der Waals surface area contributed by atoms with Crippen LogP contribution in [0.1, 0.15) is 43.4 Å². The van der Waals surface area contributed by atoms with Crippen molar-refractivity contribution in [1.29, 1.82) is 0 Å². The number of urea groups is 1. The number of benzene rings is 2. The summed E-state index contributed by atoms with van der Waals surface area (Å²) in [6.07, 6.45) is 3.78. The van der Waals surface area contributed by atoms with Gasteiger partial charge in [0, 0.05) is 62.1 Å². The number of hydrogen-bond donors (Lipinski definition) is 2. The maximum absolute atomic E-state index is 14.0. The lowest BCUT2D eigenvalue weighted by molar-refractivity contribution is 0.0667. The molecular weight excluding hydrogens is 498 g/mol. The quantitative estimate of drug-likeness (QED) is 0.546. The van der Waals surface area contributed by atoms with Gasteiger partial charge in [0.15, 0.2) is 0 Å². The van der Waals surface area contributed by atoms with Crippen LogP contribution in [0.4, 0.5) is 4.79 Å². The van der Waals surface area contributed by atoms with Crippen LogP contribution in [0, 0.1) is 0 Å². The number of fused-ring (bicyclic) bond motifs is 3. The van der Waals surface area contributed by atoms with E-state index in [4.69, 9.17) is 14.2 Å². The lowest BCUT2D eigenvalue weighted by Gasteiger charge is -2.45. The molecule has 3 heterocycles. The second-order valence-corrected chi connectivity index (χ2v) is 11.3. The van der Waals surface area contributed by atoms with Gasteiger partial charge >= 0.3 is 6.03 Å². The van der Waals surface area contributed by atoms with Crippen LogP contribution in [0.3, 0.4) is 0 Å². The molecule has 3 aliphatic rings. The van der Waals surface area contributed by atoms with Crippen LogP contribution in [0.25, 0.3) is 0 Å². The molecular formula is C30H39N3O6. The molecule has 9 heteroatoms. The summed E-state index contributed by atoms with van der Waals surface area (Å²) in [7, 11) is 4.87. The molecule has 2 N–H and O–H groups in total. The summed E-state index contributed by atoms with van der Waals surface area (Å²) >= 11 is 0. The molecule has 2 amide bonds. The van der Waals surface area contributed by atoms with E-state index in [1.54, 1.807) is 45.6 Å². The fraction of sp³-hybridized carbons (Fsp3) is 0.500. The number of carbonyl (C=O) groups is 1. The van der Waals surface area contributed by atoms with Crippen LogP contribution >= 0.6 is 0 Å². The number of piperidine rings is 1. The molecule has 2 saturated heterocycles. The number of likely N-dealkylation sites (tertiary alicyclic amines) is 1. The number of carbonyl (C=O) groups excluding carboxylic acids is 1. The number of rotatable bonds is 7. The normalized spacial score (nSPS) is 19.9. The Bertz CT molecular complexity index is 1280. The highest BCUT2D eigenvalue weighted by Gasteiger charge is 2.56. The summed E-state index contributed by atoms with van der Waals surface area (Å²) in [6.45, 7) is 7.87. The Labute approximate surface area is 230 Å². The first-order valence-electron chi connectivity index (χ1n) is 13.4. The summed E-state index contributed by atoms with van der Waals surface area (Å²) in [6, 6.07) is 8.69. The molecule has 2 fully saturated rings. The molecule has 0 atom stereocenters. The first-order valence-corrected chi connectivity index (χ1v) is 13.4. The lowest BCUT2D eigenvalue weighted by atomic mass is 9.77. The van der Waals surface area contributed by atoms with Crippen LogP contribution in [0.2, 0.25) is 0 Å². The van der Waals surface area contributed by atoms with Crippen LogP contribution in [-0.2, 0) is 23.2 Å². The highest BCUT2D eigenvalue weighted by Crippen LogP contribution is 2.50. The van der Waals surface area contributed by atoms with Crippen molar-refractivity contribution in [2.75, 3.05) is 47.6 Å². The second-order valence-electron chi connectivity index (χ2n) is 11.3. The molecule has 1 spiro atoms. The van der Waals surface area contributed by atoms with Crippen molar-refractivity contribution in [1.82, 2.24) is 14.7 Å². The number of phenolic OH excluding ortho intramolecular Hbond substituents is 2. The van der Waals surface area contributed by atoms with Gasteiger partial charge in [-0.25, -0.2) is 4.79 Å². The second kappa shape index (κ2) is 10.3. The Kier molecular flexibility index (Phi) is 7.15. The summed E-state index contributed by atoms with van der Waals surface area (Å²) in [5, 5.41) is 20.5. The minimum Gasteiger partial charge on any atom is -0.508 e. The highest BCUT2D eigenvalue weighted by atomic mass is 16.5. The van der Waals surface area contributed by atoms with E-state index in [0.29, 0.717) is 37.7 Å². The van der Waals surface area contributed by atoms with Gasteiger partial charge in [-0.15, -0.1) is 0 Å². The van der Waals surface area contributed by atoms with E-state index in [-0.39, 0.29) is 17.5 Å². The van der Waals surface area contributed by atoms with Gasteiger partial charge in [0.05, 0.1) is 32.9 Å². The number of methoxy groups -OCH3 is 3. The molecule has 2 aromatic carbocycles. The zero-order chi connectivity index (χ0) is 27.9. The van der Waals surface area contributed by atoms with E-state index >= 15 is 0 Å². The van der Waals surface area contributed by atoms with Gasteiger partial charge in [-0.1, -0.05) is 19.9 Å². The predicted octanol–water partition coefficient (Wildman–Crippen LogP) is 4.21.